The number of hydrogen-bond acceptors (Lipinski definition) is 8. The minimum atomic E-state index is -3.70. The van der Waals surface area contributed by atoms with Crippen LogP contribution in [-0.2, 0) is 26.0 Å². The van der Waals surface area contributed by atoms with E-state index in [0.717, 1.165) is 22.1 Å². The van der Waals surface area contributed by atoms with Crippen LogP contribution in [0.15, 0.2) is 0 Å². The summed E-state index contributed by atoms with van der Waals surface area (Å²) in [5, 5.41) is 12.8. The SMILES string of the molecule is CCc1nnsc1C(=O)N1CCOC(CN(CC(=O)O)S(C)(=O)=O)C1. The second-order valence-electron chi connectivity index (χ2n) is 5.60. The molecule has 1 saturated heterocycles. The first-order valence-electron chi connectivity index (χ1n) is 7.61. The molecular formula is C13H20N4O6S2. The molecule has 0 bridgehead atoms. The van der Waals surface area contributed by atoms with Crippen LogP contribution in [-0.4, -0.2) is 89.3 Å². The highest BCUT2D eigenvalue weighted by atomic mass is 32.2. The van der Waals surface area contributed by atoms with E-state index in [1.807, 2.05) is 6.92 Å². The van der Waals surface area contributed by atoms with Gasteiger partial charge in [-0.15, -0.1) is 5.10 Å². The number of carboxylic acids is 1. The summed E-state index contributed by atoms with van der Waals surface area (Å²) in [6.07, 6.45) is 0.932. The number of carbonyl (C=O) groups excluding carboxylic acids is 1. The first kappa shape index (κ1) is 19.7. The number of ether oxygens (including phenoxy) is 1. The first-order valence-corrected chi connectivity index (χ1v) is 10.2. The van der Waals surface area contributed by atoms with Gasteiger partial charge in [0, 0.05) is 19.6 Å². The topological polar surface area (TPSA) is 130 Å². The van der Waals surface area contributed by atoms with E-state index >= 15 is 0 Å². The fourth-order valence-corrected chi connectivity index (χ4v) is 3.96. The Bertz CT molecular complexity index is 735. The average Bonchev–Trinajstić information content (AvgIpc) is 3.01. The molecule has 0 saturated carbocycles. The zero-order valence-electron chi connectivity index (χ0n) is 13.9. The fourth-order valence-electron chi connectivity index (χ4n) is 2.46. The molecule has 0 aromatic carbocycles. The summed E-state index contributed by atoms with van der Waals surface area (Å²) in [5.41, 5.74) is 0.627. The smallest absolute Gasteiger partial charge is 0.318 e. The molecule has 1 aromatic rings. The van der Waals surface area contributed by atoms with E-state index in [1.54, 1.807) is 4.90 Å². The number of aliphatic carboxylic acids is 1. The van der Waals surface area contributed by atoms with Gasteiger partial charge in [0.05, 0.1) is 24.7 Å². The third-order valence-electron chi connectivity index (χ3n) is 3.70. The number of carboxylic acid groups (broad SMARTS) is 1. The van der Waals surface area contributed by atoms with Crippen LogP contribution < -0.4 is 0 Å². The van der Waals surface area contributed by atoms with Crippen LogP contribution in [0.2, 0.25) is 0 Å². The van der Waals surface area contributed by atoms with E-state index in [4.69, 9.17) is 9.84 Å². The van der Waals surface area contributed by atoms with Gasteiger partial charge >= 0.3 is 5.97 Å². The fraction of sp³-hybridized carbons (Fsp3) is 0.692. The summed E-state index contributed by atoms with van der Waals surface area (Å²) in [6.45, 7) is 1.89. The second kappa shape index (κ2) is 8.17. The van der Waals surface area contributed by atoms with E-state index in [-0.39, 0.29) is 25.6 Å². The number of sulfonamides is 1. The molecule has 1 aliphatic rings. The van der Waals surface area contributed by atoms with E-state index in [2.05, 4.69) is 9.59 Å². The van der Waals surface area contributed by atoms with E-state index in [9.17, 15) is 18.0 Å². The van der Waals surface area contributed by atoms with Gasteiger partial charge in [-0.25, -0.2) is 8.42 Å². The lowest BCUT2D eigenvalue weighted by atomic mass is 10.2. The average molecular weight is 392 g/mol. The third-order valence-corrected chi connectivity index (χ3v) is 5.67. The molecule has 1 atom stereocenters. The zero-order chi connectivity index (χ0) is 18.6. The van der Waals surface area contributed by atoms with Crippen molar-refractivity contribution in [2.24, 2.45) is 0 Å². The van der Waals surface area contributed by atoms with Crippen LogP contribution in [0.4, 0.5) is 0 Å². The van der Waals surface area contributed by atoms with E-state index in [1.165, 1.54) is 0 Å². The summed E-state index contributed by atoms with van der Waals surface area (Å²) in [5.74, 6) is -1.47. The number of morpholine rings is 1. The molecule has 25 heavy (non-hydrogen) atoms. The first-order chi connectivity index (χ1) is 11.7. The molecule has 1 unspecified atom stereocenters. The van der Waals surface area contributed by atoms with Gasteiger partial charge in [0.2, 0.25) is 10.0 Å². The van der Waals surface area contributed by atoms with Crippen LogP contribution in [0, 0.1) is 0 Å². The molecule has 140 valence electrons. The third kappa shape index (κ3) is 5.17. The highest BCUT2D eigenvalue weighted by Gasteiger charge is 2.31. The number of aromatic nitrogens is 2. The van der Waals surface area contributed by atoms with Gasteiger partial charge in [0.25, 0.3) is 5.91 Å². The Hall–Kier alpha value is -1.63. The Balaban J connectivity index is 2.07. The Morgan fingerprint density at radius 1 is 1.48 bits per heavy atom. The summed E-state index contributed by atoms with van der Waals surface area (Å²) in [7, 11) is -3.70. The molecule has 1 fully saturated rings. The molecule has 1 amide bonds. The zero-order valence-corrected chi connectivity index (χ0v) is 15.5. The molecular weight excluding hydrogens is 372 g/mol. The quantitative estimate of drug-likeness (QED) is 0.644. The highest BCUT2D eigenvalue weighted by Crippen LogP contribution is 2.17. The molecule has 0 aliphatic carbocycles. The lowest BCUT2D eigenvalue weighted by Crippen LogP contribution is -2.51. The van der Waals surface area contributed by atoms with Crippen molar-refractivity contribution in [2.75, 3.05) is 39.0 Å². The number of aryl methyl sites for hydroxylation is 1. The van der Waals surface area contributed by atoms with Crippen LogP contribution in [0.1, 0.15) is 22.3 Å². The van der Waals surface area contributed by atoms with Gasteiger partial charge in [-0.1, -0.05) is 11.4 Å². The normalized spacial score (nSPS) is 18.5. The molecule has 2 heterocycles. The summed E-state index contributed by atoms with van der Waals surface area (Å²) < 4.78 is 33.6. The number of amides is 1. The molecule has 1 aliphatic heterocycles. The number of carbonyl (C=O) groups is 2. The van der Waals surface area contributed by atoms with Gasteiger partial charge < -0.3 is 14.7 Å². The molecule has 0 spiro atoms. The van der Waals surface area contributed by atoms with Crippen molar-refractivity contribution < 1.29 is 27.9 Å². The van der Waals surface area contributed by atoms with Crippen molar-refractivity contribution in [1.29, 1.82) is 0 Å². The summed E-state index contributed by atoms with van der Waals surface area (Å²) in [4.78, 5) is 25.5. The number of nitrogens with zero attached hydrogens (tertiary/aromatic N) is 4. The molecule has 12 heteroatoms. The van der Waals surface area contributed by atoms with Crippen molar-refractivity contribution in [3.63, 3.8) is 0 Å². The van der Waals surface area contributed by atoms with Crippen molar-refractivity contribution >= 4 is 33.4 Å². The highest BCUT2D eigenvalue weighted by molar-refractivity contribution is 7.88. The van der Waals surface area contributed by atoms with E-state index in [0.29, 0.717) is 23.5 Å². The van der Waals surface area contributed by atoms with Crippen molar-refractivity contribution in [2.45, 2.75) is 19.4 Å². The Kier molecular flexibility index (Phi) is 6.43. The maximum atomic E-state index is 12.6. The maximum absolute atomic E-state index is 12.6. The predicted molar refractivity (Wildman–Crippen MR) is 89.0 cm³/mol. The molecule has 1 aromatic heterocycles. The van der Waals surface area contributed by atoms with Crippen LogP contribution in [0.3, 0.4) is 0 Å². The number of rotatable bonds is 7. The molecule has 0 radical (unpaired) electrons. The Morgan fingerprint density at radius 3 is 2.80 bits per heavy atom. The maximum Gasteiger partial charge on any atom is 0.318 e. The molecule has 2 rings (SSSR count). The minimum Gasteiger partial charge on any atom is -0.480 e. The monoisotopic (exact) mass is 392 g/mol. The van der Waals surface area contributed by atoms with Gasteiger partial charge in [0.1, 0.15) is 11.4 Å². The largest absolute Gasteiger partial charge is 0.480 e. The van der Waals surface area contributed by atoms with Crippen molar-refractivity contribution in [1.82, 2.24) is 18.8 Å². The van der Waals surface area contributed by atoms with Crippen LogP contribution >= 0.6 is 11.5 Å². The second-order valence-corrected chi connectivity index (χ2v) is 8.33. The van der Waals surface area contributed by atoms with Gasteiger partial charge in [-0.05, 0) is 18.0 Å². The van der Waals surface area contributed by atoms with Gasteiger partial charge in [-0.3, -0.25) is 9.59 Å². The van der Waals surface area contributed by atoms with Gasteiger partial charge in [-0.2, -0.15) is 4.31 Å². The molecule has 1 N–H and O–H groups in total. The lowest BCUT2D eigenvalue weighted by molar-refractivity contribution is -0.137. The Morgan fingerprint density at radius 2 is 2.20 bits per heavy atom. The summed E-state index contributed by atoms with van der Waals surface area (Å²) in [6, 6.07) is 0. The Labute approximate surface area is 149 Å². The molecule has 10 nitrogen and oxygen atoms in total. The standard InChI is InChI=1S/C13H20N4O6S2/c1-3-10-12(24-15-14-10)13(20)16-4-5-23-9(6-16)7-17(8-11(18)19)25(2,21)22/h9H,3-8H2,1-2H3,(H,18,19). The van der Waals surface area contributed by atoms with Crippen LogP contribution in [0.5, 0.6) is 0 Å². The van der Waals surface area contributed by atoms with E-state index < -0.39 is 28.6 Å². The minimum absolute atomic E-state index is 0.128. The van der Waals surface area contributed by atoms with Crippen molar-refractivity contribution in [3.05, 3.63) is 10.6 Å². The summed E-state index contributed by atoms with van der Waals surface area (Å²) >= 11 is 1.03. The lowest BCUT2D eigenvalue weighted by Gasteiger charge is -2.34. The van der Waals surface area contributed by atoms with Crippen molar-refractivity contribution in [3.8, 4) is 0 Å². The van der Waals surface area contributed by atoms with Crippen LogP contribution in [0.25, 0.3) is 0 Å². The number of hydrogen-bond donors (Lipinski definition) is 1. The van der Waals surface area contributed by atoms with Gasteiger partial charge in [0.15, 0.2) is 0 Å². The predicted octanol–water partition coefficient (Wildman–Crippen LogP) is -0.712.